The van der Waals surface area contributed by atoms with Gasteiger partial charge in [-0.15, -0.1) is 0 Å². The maximum Gasteiger partial charge on any atom is 0.0985 e. The highest BCUT2D eigenvalue weighted by atomic mass is 16.5. The summed E-state index contributed by atoms with van der Waals surface area (Å²) in [4.78, 5) is 0. The van der Waals surface area contributed by atoms with Crippen molar-refractivity contribution in [1.82, 2.24) is 0 Å². The van der Waals surface area contributed by atoms with Crippen LogP contribution in [0.2, 0.25) is 0 Å². The first-order valence-corrected chi connectivity index (χ1v) is 4.80. The average Bonchev–Trinajstić information content (AvgIpc) is 1.82. The predicted octanol–water partition coefficient (Wildman–Crippen LogP) is 3.36. The van der Waals surface area contributed by atoms with E-state index in [0.29, 0.717) is 11.5 Å². The topological polar surface area (TPSA) is 9.23 Å². The third-order valence-electron chi connectivity index (χ3n) is 2.64. The van der Waals surface area contributed by atoms with Crippen molar-refractivity contribution in [3.8, 4) is 0 Å². The fourth-order valence-corrected chi connectivity index (χ4v) is 2.50. The van der Waals surface area contributed by atoms with E-state index in [2.05, 4.69) is 27.4 Å². The minimum atomic E-state index is 0.404. The third kappa shape index (κ3) is 2.54. The second kappa shape index (κ2) is 3.51. The molecule has 1 rings (SSSR count). The molecule has 0 N–H and O–H groups in total. The molecule has 0 heterocycles. The molecule has 0 bridgehead atoms. The summed E-state index contributed by atoms with van der Waals surface area (Å²) in [6.45, 7) is 10.6. The molecule has 1 nitrogen and oxygen atoms in total. The lowest BCUT2D eigenvalue weighted by atomic mass is 9.71. The summed E-state index contributed by atoms with van der Waals surface area (Å²) in [5, 5.41) is 0. The Labute approximate surface area is 75.8 Å². The van der Waals surface area contributed by atoms with Gasteiger partial charge in [-0.1, -0.05) is 27.4 Å². The van der Waals surface area contributed by atoms with Crippen LogP contribution < -0.4 is 0 Å². The van der Waals surface area contributed by atoms with Gasteiger partial charge in [0.25, 0.3) is 0 Å². The Morgan fingerprint density at radius 3 is 2.58 bits per heavy atom. The Morgan fingerprint density at radius 2 is 2.08 bits per heavy atom. The second-order valence-electron chi connectivity index (χ2n) is 4.84. The molecule has 1 saturated carbocycles. The lowest BCUT2D eigenvalue weighted by Gasteiger charge is -2.38. The van der Waals surface area contributed by atoms with Crippen molar-refractivity contribution in [3.05, 3.63) is 12.8 Å². The molecule has 0 aliphatic heterocycles. The van der Waals surface area contributed by atoms with Crippen LogP contribution >= 0.6 is 0 Å². The molecular formula is C11H20O. The van der Waals surface area contributed by atoms with Gasteiger partial charge in [-0.25, -0.2) is 0 Å². The maximum absolute atomic E-state index is 5.45. The van der Waals surface area contributed by atoms with Crippen molar-refractivity contribution < 1.29 is 4.74 Å². The molecule has 0 radical (unpaired) electrons. The van der Waals surface area contributed by atoms with E-state index >= 15 is 0 Å². The lowest BCUT2D eigenvalue weighted by Crippen LogP contribution is -2.31. The highest BCUT2D eigenvalue weighted by Crippen LogP contribution is 2.39. The standard InChI is InChI=1S/C11H20O/c1-5-12-10-6-9(2)7-11(3,4)8-10/h5,9-10H,1,6-8H2,2-4H3/t9-,10+/m0/s1. The zero-order chi connectivity index (χ0) is 9.19. The van der Waals surface area contributed by atoms with Crippen LogP contribution in [0, 0.1) is 11.3 Å². The summed E-state index contributed by atoms with van der Waals surface area (Å²) in [5.74, 6) is 0.790. The molecule has 0 aromatic carbocycles. The van der Waals surface area contributed by atoms with Crippen molar-refractivity contribution in [2.75, 3.05) is 0 Å². The van der Waals surface area contributed by atoms with Crippen molar-refractivity contribution >= 4 is 0 Å². The Balaban J connectivity index is 2.51. The first kappa shape index (κ1) is 9.63. The molecule has 0 spiro atoms. The number of hydrogen-bond acceptors (Lipinski definition) is 1. The smallest absolute Gasteiger partial charge is 0.0985 e. The Bertz CT molecular complexity index is 160. The highest BCUT2D eigenvalue weighted by Gasteiger charge is 2.32. The monoisotopic (exact) mass is 168 g/mol. The van der Waals surface area contributed by atoms with Crippen LogP contribution in [0.3, 0.4) is 0 Å². The Kier molecular flexibility index (Phi) is 2.81. The van der Waals surface area contributed by atoms with Gasteiger partial charge in [-0.05, 0) is 30.6 Å². The normalized spacial score (nSPS) is 34.2. The van der Waals surface area contributed by atoms with Crippen molar-refractivity contribution in [1.29, 1.82) is 0 Å². The fourth-order valence-electron chi connectivity index (χ4n) is 2.50. The van der Waals surface area contributed by atoms with Gasteiger partial charge in [-0.3, -0.25) is 0 Å². The number of rotatable bonds is 2. The SMILES string of the molecule is C=CO[C@@H]1C[C@H](C)CC(C)(C)C1. The third-order valence-corrected chi connectivity index (χ3v) is 2.64. The summed E-state index contributed by atoms with van der Waals surface area (Å²) in [5.41, 5.74) is 0.450. The Morgan fingerprint density at radius 1 is 1.42 bits per heavy atom. The molecule has 0 amide bonds. The van der Waals surface area contributed by atoms with E-state index in [-0.39, 0.29) is 0 Å². The van der Waals surface area contributed by atoms with Gasteiger partial charge in [0.1, 0.15) is 0 Å². The summed E-state index contributed by atoms with van der Waals surface area (Å²) in [6.07, 6.45) is 5.67. The van der Waals surface area contributed by atoms with Crippen LogP contribution in [0.5, 0.6) is 0 Å². The highest BCUT2D eigenvalue weighted by molar-refractivity contribution is 4.84. The Hall–Kier alpha value is -0.460. The van der Waals surface area contributed by atoms with Gasteiger partial charge in [0.2, 0.25) is 0 Å². The molecule has 0 unspecified atom stereocenters. The number of ether oxygens (including phenoxy) is 1. The number of hydrogen-bond donors (Lipinski definition) is 0. The fraction of sp³-hybridized carbons (Fsp3) is 0.818. The van der Waals surface area contributed by atoms with E-state index in [1.54, 1.807) is 6.26 Å². The van der Waals surface area contributed by atoms with E-state index in [1.165, 1.54) is 19.3 Å². The maximum atomic E-state index is 5.45. The molecular weight excluding hydrogens is 148 g/mol. The van der Waals surface area contributed by atoms with E-state index in [4.69, 9.17) is 4.74 Å². The second-order valence-corrected chi connectivity index (χ2v) is 4.84. The quantitative estimate of drug-likeness (QED) is 0.574. The van der Waals surface area contributed by atoms with Gasteiger partial charge in [-0.2, -0.15) is 0 Å². The zero-order valence-electron chi connectivity index (χ0n) is 8.47. The molecule has 12 heavy (non-hydrogen) atoms. The van der Waals surface area contributed by atoms with Crippen LogP contribution in [-0.4, -0.2) is 6.10 Å². The largest absolute Gasteiger partial charge is 0.499 e. The first-order chi connectivity index (χ1) is 5.53. The van der Waals surface area contributed by atoms with E-state index in [1.807, 2.05) is 0 Å². The molecule has 1 heteroatoms. The first-order valence-electron chi connectivity index (χ1n) is 4.80. The van der Waals surface area contributed by atoms with Gasteiger partial charge in [0, 0.05) is 0 Å². The van der Waals surface area contributed by atoms with Crippen molar-refractivity contribution in [2.24, 2.45) is 11.3 Å². The summed E-state index contributed by atoms with van der Waals surface area (Å²) >= 11 is 0. The van der Waals surface area contributed by atoms with Crippen LogP contribution in [0.1, 0.15) is 40.0 Å². The van der Waals surface area contributed by atoms with Crippen molar-refractivity contribution in [2.45, 2.75) is 46.1 Å². The van der Waals surface area contributed by atoms with Gasteiger partial charge < -0.3 is 4.74 Å². The van der Waals surface area contributed by atoms with E-state index in [9.17, 15) is 0 Å². The molecule has 70 valence electrons. The molecule has 1 aliphatic carbocycles. The van der Waals surface area contributed by atoms with Crippen LogP contribution in [0.15, 0.2) is 12.8 Å². The predicted molar refractivity (Wildman–Crippen MR) is 51.9 cm³/mol. The zero-order valence-corrected chi connectivity index (χ0v) is 8.47. The van der Waals surface area contributed by atoms with Crippen molar-refractivity contribution in [3.63, 3.8) is 0 Å². The van der Waals surface area contributed by atoms with Gasteiger partial charge in [0.05, 0.1) is 12.4 Å². The molecule has 1 fully saturated rings. The molecule has 0 saturated heterocycles. The van der Waals surface area contributed by atoms with E-state index in [0.717, 1.165) is 5.92 Å². The van der Waals surface area contributed by atoms with Gasteiger partial charge >= 0.3 is 0 Å². The van der Waals surface area contributed by atoms with Crippen LogP contribution in [0.25, 0.3) is 0 Å². The molecule has 0 aromatic rings. The minimum Gasteiger partial charge on any atom is -0.499 e. The van der Waals surface area contributed by atoms with Crippen LogP contribution in [-0.2, 0) is 4.74 Å². The van der Waals surface area contributed by atoms with E-state index < -0.39 is 0 Å². The van der Waals surface area contributed by atoms with Crippen LogP contribution in [0.4, 0.5) is 0 Å². The average molecular weight is 168 g/mol. The molecule has 2 atom stereocenters. The summed E-state index contributed by atoms with van der Waals surface area (Å²) < 4.78 is 5.45. The van der Waals surface area contributed by atoms with Gasteiger partial charge in [0.15, 0.2) is 0 Å². The minimum absolute atomic E-state index is 0.404. The summed E-state index contributed by atoms with van der Waals surface area (Å²) in [7, 11) is 0. The molecule has 0 aromatic heterocycles. The summed E-state index contributed by atoms with van der Waals surface area (Å²) in [6, 6.07) is 0. The molecule has 1 aliphatic rings. The lowest BCUT2D eigenvalue weighted by molar-refractivity contribution is 0.0276.